The van der Waals surface area contributed by atoms with E-state index in [0.29, 0.717) is 24.4 Å². The van der Waals surface area contributed by atoms with Crippen LogP contribution >= 0.6 is 11.8 Å². The summed E-state index contributed by atoms with van der Waals surface area (Å²) in [4.78, 5) is 9.45. The lowest BCUT2D eigenvalue weighted by Crippen LogP contribution is -2.24. The SMILES string of the molecule is CC(C)Nc1nc(SCCN)cc(C2CCC2c2ccccc2)n1. The van der Waals surface area contributed by atoms with Crippen LogP contribution in [0.1, 0.15) is 49.8 Å². The van der Waals surface area contributed by atoms with Crippen LogP contribution in [0.15, 0.2) is 41.4 Å². The molecule has 1 aliphatic carbocycles. The van der Waals surface area contributed by atoms with Crippen LogP contribution in [0.5, 0.6) is 0 Å². The van der Waals surface area contributed by atoms with E-state index < -0.39 is 0 Å². The fourth-order valence-electron chi connectivity index (χ4n) is 3.15. The Morgan fingerprint density at radius 3 is 2.54 bits per heavy atom. The Hall–Kier alpha value is -1.59. The third-order valence-corrected chi connectivity index (χ3v) is 5.33. The standard InChI is InChI=1S/C19H26N4S/c1-13(2)21-19-22-17(12-18(23-19)24-11-10-20)16-9-8-15(16)14-6-4-3-5-7-14/h3-7,12-13,15-16H,8-11,20H2,1-2H3,(H,21,22,23). The molecule has 0 radical (unpaired) electrons. The van der Waals surface area contributed by atoms with Crippen molar-refractivity contribution in [2.24, 2.45) is 5.73 Å². The lowest BCUT2D eigenvalue weighted by atomic mass is 9.68. The van der Waals surface area contributed by atoms with Crippen LogP contribution in [0.25, 0.3) is 0 Å². The molecule has 0 bridgehead atoms. The predicted molar refractivity (Wildman–Crippen MR) is 102 cm³/mol. The number of nitrogens with two attached hydrogens (primary N) is 1. The van der Waals surface area contributed by atoms with Gasteiger partial charge in [0.1, 0.15) is 5.03 Å². The molecule has 1 aromatic heterocycles. The summed E-state index contributed by atoms with van der Waals surface area (Å²) in [7, 11) is 0. The second kappa shape index (κ2) is 7.99. The van der Waals surface area contributed by atoms with Gasteiger partial charge in [-0.2, -0.15) is 0 Å². The lowest BCUT2D eigenvalue weighted by Gasteiger charge is -2.37. The maximum Gasteiger partial charge on any atom is 0.224 e. The van der Waals surface area contributed by atoms with Crippen LogP contribution < -0.4 is 11.1 Å². The van der Waals surface area contributed by atoms with Crippen LogP contribution in [-0.4, -0.2) is 28.3 Å². The quantitative estimate of drug-likeness (QED) is 0.588. The van der Waals surface area contributed by atoms with Gasteiger partial charge in [-0.25, -0.2) is 9.97 Å². The van der Waals surface area contributed by atoms with E-state index in [-0.39, 0.29) is 0 Å². The van der Waals surface area contributed by atoms with Crippen molar-refractivity contribution in [3.8, 4) is 0 Å². The van der Waals surface area contributed by atoms with E-state index in [4.69, 9.17) is 10.7 Å². The Labute approximate surface area is 148 Å². The number of nitrogens with one attached hydrogen (secondary N) is 1. The van der Waals surface area contributed by atoms with E-state index >= 15 is 0 Å². The summed E-state index contributed by atoms with van der Waals surface area (Å²) in [6.07, 6.45) is 2.43. The normalized spacial score (nSPS) is 20.0. The number of nitrogens with zero attached hydrogens (tertiary/aromatic N) is 2. The second-order valence-corrected chi connectivity index (χ2v) is 7.71. The molecule has 2 unspecified atom stereocenters. The van der Waals surface area contributed by atoms with Gasteiger partial charge in [0.05, 0.1) is 5.69 Å². The van der Waals surface area contributed by atoms with Crippen LogP contribution in [0.3, 0.4) is 0 Å². The fraction of sp³-hybridized carbons (Fsp3) is 0.474. The van der Waals surface area contributed by atoms with E-state index in [1.807, 2.05) is 0 Å². The highest BCUT2D eigenvalue weighted by Gasteiger charge is 2.34. The minimum absolute atomic E-state index is 0.318. The summed E-state index contributed by atoms with van der Waals surface area (Å²) in [5, 5.41) is 4.37. The van der Waals surface area contributed by atoms with E-state index in [0.717, 1.165) is 22.4 Å². The molecule has 0 amide bonds. The van der Waals surface area contributed by atoms with Gasteiger partial charge in [0, 0.05) is 24.3 Å². The van der Waals surface area contributed by atoms with Gasteiger partial charge < -0.3 is 11.1 Å². The van der Waals surface area contributed by atoms with Crippen LogP contribution in [0.4, 0.5) is 5.95 Å². The average Bonchev–Trinajstić information content (AvgIpc) is 2.52. The van der Waals surface area contributed by atoms with Gasteiger partial charge in [0.2, 0.25) is 5.95 Å². The summed E-state index contributed by atoms with van der Waals surface area (Å²) >= 11 is 1.71. The lowest BCUT2D eigenvalue weighted by molar-refractivity contribution is 0.339. The topological polar surface area (TPSA) is 63.8 Å². The van der Waals surface area contributed by atoms with Crippen molar-refractivity contribution < 1.29 is 0 Å². The molecule has 128 valence electrons. The minimum atomic E-state index is 0.318. The largest absolute Gasteiger partial charge is 0.352 e. The number of hydrogen-bond acceptors (Lipinski definition) is 5. The molecular formula is C19H26N4S. The minimum Gasteiger partial charge on any atom is -0.352 e. The van der Waals surface area contributed by atoms with Gasteiger partial charge in [-0.3, -0.25) is 0 Å². The Bertz CT molecular complexity index is 660. The Balaban J connectivity index is 1.85. The maximum atomic E-state index is 5.65. The molecule has 1 heterocycles. The molecule has 3 rings (SSSR count). The first-order chi connectivity index (χ1) is 11.7. The van der Waals surface area contributed by atoms with E-state index in [9.17, 15) is 0 Å². The van der Waals surface area contributed by atoms with Gasteiger partial charge in [0.25, 0.3) is 0 Å². The average molecular weight is 343 g/mol. The van der Waals surface area contributed by atoms with Crippen molar-refractivity contribution in [1.82, 2.24) is 9.97 Å². The van der Waals surface area contributed by atoms with Crippen LogP contribution in [0, 0.1) is 0 Å². The second-order valence-electron chi connectivity index (χ2n) is 6.59. The molecule has 0 aliphatic heterocycles. The summed E-state index contributed by atoms with van der Waals surface area (Å²) in [5.74, 6) is 2.67. The zero-order chi connectivity index (χ0) is 16.9. The number of anilines is 1. The van der Waals surface area contributed by atoms with Gasteiger partial charge in [-0.05, 0) is 44.2 Å². The Morgan fingerprint density at radius 2 is 1.92 bits per heavy atom. The number of aromatic nitrogens is 2. The van der Waals surface area contributed by atoms with Crippen molar-refractivity contribution in [2.45, 2.75) is 49.6 Å². The zero-order valence-electron chi connectivity index (χ0n) is 14.4. The van der Waals surface area contributed by atoms with E-state index in [1.54, 1.807) is 11.8 Å². The molecule has 0 saturated heterocycles. The van der Waals surface area contributed by atoms with Crippen molar-refractivity contribution in [1.29, 1.82) is 0 Å². The van der Waals surface area contributed by atoms with Crippen molar-refractivity contribution in [2.75, 3.05) is 17.6 Å². The summed E-state index contributed by atoms with van der Waals surface area (Å²) in [5.41, 5.74) is 8.23. The van der Waals surface area contributed by atoms with Gasteiger partial charge in [-0.15, -0.1) is 11.8 Å². The van der Waals surface area contributed by atoms with Gasteiger partial charge in [-0.1, -0.05) is 30.3 Å². The monoisotopic (exact) mass is 342 g/mol. The van der Waals surface area contributed by atoms with Crippen molar-refractivity contribution in [3.63, 3.8) is 0 Å². The van der Waals surface area contributed by atoms with Crippen LogP contribution in [0.2, 0.25) is 0 Å². The third-order valence-electron chi connectivity index (χ3n) is 4.39. The summed E-state index contributed by atoms with van der Waals surface area (Å²) in [6.45, 7) is 4.88. The highest BCUT2D eigenvalue weighted by Crippen LogP contribution is 2.48. The maximum absolute atomic E-state index is 5.65. The van der Waals surface area contributed by atoms with Crippen molar-refractivity contribution >= 4 is 17.7 Å². The summed E-state index contributed by atoms with van der Waals surface area (Å²) < 4.78 is 0. The molecule has 1 fully saturated rings. The van der Waals surface area contributed by atoms with Gasteiger partial charge >= 0.3 is 0 Å². The molecule has 2 atom stereocenters. The number of benzene rings is 1. The summed E-state index contributed by atoms with van der Waals surface area (Å²) in [6, 6.07) is 13.3. The number of thioether (sulfide) groups is 1. The molecule has 0 spiro atoms. The number of hydrogen-bond donors (Lipinski definition) is 2. The predicted octanol–water partition coefficient (Wildman–Crippen LogP) is 4.01. The van der Waals surface area contributed by atoms with E-state index in [2.05, 4.69) is 60.5 Å². The molecule has 24 heavy (non-hydrogen) atoms. The molecule has 1 aliphatic rings. The number of rotatable bonds is 7. The van der Waals surface area contributed by atoms with Crippen molar-refractivity contribution in [3.05, 3.63) is 47.7 Å². The molecule has 3 N–H and O–H groups in total. The molecule has 1 aromatic carbocycles. The first-order valence-corrected chi connectivity index (χ1v) is 9.69. The Kier molecular flexibility index (Phi) is 5.74. The third kappa shape index (κ3) is 4.08. The Morgan fingerprint density at radius 1 is 1.17 bits per heavy atom. The molecular weight excluding hydrogens is 316 g/mol. The zero-order valence-corrected chi connectivity index (χ0v) is 15.2. The first-order valence-electron chi connectivity index (χ1n) is 8.70. The molecule has 5 heteroatoms. The van der Waals surface area contributed by atoms with E-state index in [1.165, 1.54) is 18.4 Å². The molecule has 2 aromatic rings. The highest BCUT2D eigenvalue weighted by atomic mass is 32.2. The molecule has 4 nitrogen and oxygen atoms in total. The first kappa shape index (κ1) is 17.2. The fourth-order valence-corrected chi connectivity index (χ4v) is 3.83. The van der Waals surface area contributed by atoms with Gasteiger partial charge in [0.15, 0.2) is 0 Å². The van der Waals surface area contributed by atoms with Crippen LogP contribution in [-0.2, 0) is 0 Å². The molecule has 1 saturated carbocycles. The smallest absolute Gasteiger partial charge is 0.224 e. The highest BCUT2D eigenvalue weighted by molar-refractivity contribution is 7.99.